The Bertz CT molecular complexity index is 751. The van der Waals surface area contributed by atoms with Crippen LogP contribution in [0.1, 0.15) is 21.6 Å². The second kappa shape index (κ2) is 8.31. The van der Waals surface area contributed by atoms with Gasteiger partial charge in [-0.15, -0.1) is 0 Å². The number of aromatic nitrogens is 1. The van der Waals surface area contributed by atoms with Gasteiger partial charge in [-0.25, -0.2) is 0 Å². The number of hydrogen-bond donors (Lipinski definition) is 1. The molecule has 0 aliphatic heterocycles. The highest BCUT2D eigenvalue weighted by Gasteiger charge is 2.12. The van der Waals surface area contributed by atoms with Gasteiger partial charge in [-0.05, 0) is 24.6 Å². The molecular weight excluding hydrogens is 308 g/mol. The van der Waals surface area contributed by atoms with E-state index in [1.807, 2.05) is 35.8 Å². The van der Waals surface area contributed by atoms with Gasteiger partial charge in [-0.1, -0.05) is 12.1 Å². The second-order valence-corrected chi connectivity index (χ2v) is 5.41. The summed E-state index contributed by atoms with van der Waals surface area (Å²) in [6.07, 6.45) is 1.58. The molecule has 0 bridgehead atoms. The summed E-state index contributed by atoms with van der Waals surface area (Å²) in [5, 5.41) is 2.77. The predicted molar refractivity (Wildman–Crippen MR) is 91.5 cm³/mol. The molecular formula is C18H22N2O4. The molecule has 0 unspecified atom stereocenters. The smallest absolute Gasteiger partial charge is 0.257 e. The largest absolute Gasteiger partial charge is 0.497 e. The van der Waals surface area contributed by atoms with Crippen molar-refractivity contribution in [1.82, 2.24) is 9.88 Å². The maximum Gasteiger partial charge on any atom is 0.257 e. The number of rotatable bonds is 7. The van der Waals surface area contributed by atoms with Crippen LogP contribution in [0.5, 0.6) is 5.75 Å². The Morgan fingerprint density at radius 3 is 2.54 bits per heavy atom. The van der Waals surface area contributed by atoms with E-state index in [9.17, 15) is 9.59 Å². The molecule has 1 N–H and O–H groups in total. The third kappa shape index (κ3) is 4.45. The van der Waals surface area contributed by atoms with E-state index in [-0.39, 0.29) is 16.9 Å². The summed E-state index contributed by atoms with van der Waals surface area (Å²) in [5.74, 6) is 0.367. The van der Waals surface area contributed by atoms with Gasteiger partial charge in [0.15, 0.2) is 5.43 Å². The normalized spacial score (nSPS) is 10.5. The first-order valence-electron chi connectivity index (χ1n) is 7.66. The second-order valence-electron chi connectivity index (χ2n) is 5.41. The van der Waals surface area contributed by atoms with E-state index in [4.69, 9.17) is 9.47 Å². The van der Waals surface area contributed by atoms with Gasteiger partial charge in [0.2, 0.25) is 0 Å². The first-order chi connectivity index (χ1) is 11.5. The molecule has 1 aromatic heterocycles. The summed E-state index contributed by atoms with van der Waals surface area (Å²) in [4.78, 5) is 24.4. The standard InChI is InChI=1S/C18H22N2O4/c1-13-10-17(21)16(12-20(13)8-9-23-2)18(22)19-11-14-4-6-15(24-3)7-5-14/h4-7,10,12H,8-9,11H2,1-3H3,(H,19,22). The Morgan fingerprint density at radius 2 is 1.92 bits per heavy atom. The summed E-state index contributed by atoms with van der Waals surface area (Å²) in [5.41, 5.74) is 1.57. The SMILES string of the molecule is COCCn1cc(C(=O)NCc2ccc(OC)cc2)c(=O)cc1C. The molecule has 1 amide bonds. The summed E-state index contributed by atoms with van der Waals surface area (Å²) >= 11 is 0. The number of benzene rings is 1. The minimum Gasteiger partial charge on any atom is -0.497 e. The molecule has 6 heteroatoms. The van der Waals surface area contributed by atoms with Crippen molar-refractivity contribution < 1.29 is 14.3 Å². The highest BCUT2D eigenvalue weighted by atomic mass is 16.5. The average molecular weight is 330 g/mol. The van der Waals surface area contributed by atoms with Gasteiger partial charge < -0.3 is 19.4 Å². The summed E-state index contributed by atoms with van der Waals surface area (Å²) in [6, 6.07) is 8.85. The quantitative estimate of drug-likeness (QED) is 0.839. The fourth-order valence-electron chi connectivity index (χ4n) is 2.29. The van der Waals surface area contributed by atoms with E-state index in [2.05, 4.69) is 5.32 Å². The molecule has 1 heterocycles. The lowest BCUT2D eigenvalue weighted by atomic mass is 10.2. The molecule has 0 spiro atoms. The zero-order chi connectivity index (χ0) is 17.5. The van der Waals surface area contributed by atoms with Crippen LogP contribution in [-0.2, 0) is 17.8 Å². The summed E-state index contributed by atoms with van der Waals surface area (Å²) in [6.45, 7) is 3.27. The molecule has 0 aliphatic carbocycles. The van der Waals surface area contributed by atoms with Crippen molar-refractivity contribution in [3.05, 3.63) is 63.6 Å². The molecule has 0 saturated carbocycles. The van der Waals surface area contributed by atoms with Crippen molar-refractivity contribution in [1.29, 1.82) is 0 Å². The Balaban J connectivity index is 2.09. The predicted octanol–water partition coefficient (Wildman–Crippen LogP) is 1.74. The Kier molecular flexibility index (Phi) is 6.14. The van der Waals surface area contributed by atoms with Gasteiger partial charge in [0.05, 0.1) is 13.7 Å². The van der Waals surface area contributed by atoms with Crippen molar-refractivity contribution in [2.75, 3.05) is 20.8 Å². The average Bonchev–Trinajstić information content (AvgIpc) is 2.59. The third-order valence-corrected chi connectivity index (χ3v) is 3.74. The van der Waals surface area contributed by atoms with Crippen LogP contribution in [0.2, 0.25) is 0 Å². The van der Waals surface area contributed by atoms with Crippen LogP contribution in [-0.4, -0.2) is 31.3 Å². The van der Waals surface area contributed by atoms with Gasteiger partial charge in [0.1, 0.15) is 11.3 Å². The van der Waals surface area contributed by atoms with Crippen molar-refractivity contribution in [3.63, 3.8) is 0 Å². The zero-order valence-corrected chi connectivity index (χ0v) is 14.2. The maximum atomic E-state index is 12.3. The van der Waals surface area contributed by atoms with Gasteiger partial charge in [0, 0.05) is 38.2 Å². The fraction of sp³-hybridized carbons (Fsp3) is 0.333. The molecule has 24 heavy (non-hydrogen) atoms. The number of ether oxygens (including phenoxy) is 2. The molecule has 0 aliphatic rings. The topological polar surface area (TPSA) is 69.6 Å². The van der Waals surface area contributed by atoms with Crippen molar-refractivity contribution >= 4 is 5.91 Å². The van der Waals surface area contributed by atoms with E-state index >= 15 is 0 Å². The lowest BCUT2D eigenvalue weighted by molar-refractivity contribution is 0.0948. The molecule has 1 aromatic carbocycles. The summed E-state index contributed by atoms with van der Waals surface area (Å²) in [7, 11) is 3.21. The molecule has 0 atom stereocenters. The highest BCUT2D eigenvalue weighted by molar-refractivity contribution is 5.93. The first kappa shape index (κ1) is 17.7. The molecule has 0 fully saturated rings. The molecule has 0 radical (unpaired) electrons. The van der Waals surface area contributed by atoms with Crippen molar-refractivity contribution in [3.8, 4) is 5.75 Å². The molecule has 0 saturated heterocycles. The highest BCUT2D eigenvalue weighted by Crippen LogP contribution is 2.11. The maximum absolute atomic E-state index is 12.3. The number of amides is 1. The van der Waals surface area contributed by atoms with Crippen LogP contribution in [0.25, 0.3) is 0 Å². The molecule has 128 valence electrons. The molecule has 2 rings (SSSR count). The lowest BCUT2D eigenvalue weighted by Crippen LogP contribution is -2.29. The lowest BCUT2D eigenvalue weighted by Gasteiger charge is -2.12. The third-order valence-electron chi connectivity index (χ3n) is 3.74. The first-order valence-corrected chi connectivity index (χ1v) is 7.66. The Labute approximate surface area is 141 Å². The van der Waals surface area contributed by atoms with Gasteiger partial charge in [0.25, 0.3) is 5.91 Å². The van der Waals surface area contributed by atoms with E-state index in [1.165, 1.54) is 6.07 Å². The van der Waals surface area contributed by atoms with Gasteiger partial charge >= 0.3 is 0 Å². The number of hydrogen-bond acceptors (Lipinski definition) is 4. The number of pyridine rings is 1. The Morgan fingerprint density at radius 1 is 1.21 bits per heavy atom. The molecule has 6 nitrogen and oxygen atoms in total. The van der Waals surface area contributed by atoms with Gasteiger partial charge in [-0.3, -0.25) is 9.59 Å². The van der Waals surface area contributed by atoms with Gasteiger partial charge in [-0.2, -0.15) is 0 Å². The number of nitrogens with zero attached hydrogens (tertiary/aromatic N) is 1. The monoisotopic (exact) mass is 330 g/mol. The van der Waals surface area contributed by atoms with Crippen molar-refractivity contribution in [2.45, 2.75) is 20.0 Å². The number of aryl methyl sites for hydroxylation is 1. The van der Waals surface area contributed by atoms with Crippen LogP contribution >= 0.6 is 0 Å². The van der Waals surface area contributed by atoms with E-state index in [0.29, 0.717) is 19.7 Å². The van der Waals surface area contributed by atoms with Crippen LogP contribution in [0.3, 0.4) is 0 Å². The van der Waals surface area contributed by atoms with Crippen LogP contribution in [0, 0.1) is 6.92 Å². The number of carbonyl (C=O) groups excluding carboxylic acids is 1. The van der Waals surface area contributed by atoms with E-state index in [0.717, 1.165) is 17.0 Å². The minimum absolute atomic E-state index is 0.130. The molecule has 2 aromatic rings. The van der Waals surface area contributed by atoms with Crippen LogP contribution in [0.15, 0.2) is 41.3 Å². The Hall–Kier alpha value is -2.60. The van der Waals surface area contributed by atoms with E-state index in [1.54, 1.807) is 20.4 Å². The van der Waals surface area contributed by atoms with E-state index < -0.39 is 0 Å². The zero-order valence-electron chi connectivity index (χ0n) is 14.2. The van der Waals surface area contributed by atoms with Crippen LogP contribution in [0.4, 0.5) is 0 Å². The van der Waals surface area contributed by atoms with Crippen LogP contribution < -0.4 is 15.5 Å². The number of carbonyl (C=O) groups is 1. The number of methoxy groups -OCH3 is 2. The minimum atomic E-state index is -0.387. The fourth-order valence-corrected chi connectivity index (χ4v) is 2.29. The number of nitrogens with one attached hydrogen (secondary N) is 1. The van der Waals surface area contributed by atoms with Crippen molar-refractivity contribution in [2.24, 2.45) is 0 Å². The summed E-state index contributed by atoms with van der Waals surface area (Å²) < 4.78 is 12.0.